The minimum atomic E-state index is 0.153. The fourth-order valence-corrected chi connectivity index (χ4v) is 4.37. The molecule has 2 fully saturated rings. The van der Waals surface area contributed by atoms with E-state index in [2.05, 4.69) is 27.4 Å². The van der Waals surface area contributed by atoms with Crippen molar-refractivity contribution in [1.29, 1.82) is 0 Å². The number of amides is 1. The Bertz CT molecular complexity index is 441. The van der Waals surface area contributed by atoms with E-state index in [4.69, 9.17) is 4.74 Å². The van der Waals surface area contributed by atoms with E-state index in [0.29, 0.717) is 18.4 Å². The average Bonchev–Trinajstić information content (AvgIpc) is 3.20. The summed E-state index contributed by atoms with van der Waals surface area (Å²) in [6.45, 7) is 5.75. The zero-order valence-corrected chi connectivity index (χ0v) is 16.9. The molecule has 6 nitrogen and oxygen atoms in total. The van der Waals surface area contributed by atoms with Crippen LogP contribution in [0.25, 0.3) is 0 Å². The zero-order valence-electron chi connectivity index (χ0n) is 16.9. The highest BCUT2D eigenvalue weighted by atomic mass is 16.5. The third-order valence-corrected chi connectivity index (χ3v) is 5.90. The van der Waals surface area contributed by atoms with Crippen LogP contribution in [0, 0.1) is 11.8 Å². The molecule has 0 radical (unpaired) electrons. The fourth-order valence-electron chi connectivity index (χ4n) is 4.37. The van der Waals surface area contributed by atoms with Gasteiger partial charge in [0.2, 0.25) is 5.91 Å². The van der Waals surface area contributed by atoms with Gasteiger partial charge in [0.15, 0.2) is 5.96 Å². The summed E-state index contributed by atoms with van der Waals surface area (Å²) in [7, 11) is 3.57. The lowest BCUT2D eigenvalue weighted by Crippen LogP contribution is -2.46. The van der Waals surface area contributed by atoms with Crippen LogP contribution in [0.15, 0.2) is 4.99 Å². The summed E-state index contributed by atoms with van der Waals surface area (Å²) in [4.78, 5) is 18.3. The molecule has 1 heterocycles. The molecule has 1 aliphatic heterocycles. The standard InChI is InChI=1S/C20H38N4O2/c1-4-26-18(17-7-5-6-8-17)9-12-23-20(22-3)24-13-10-16(11-14-24)15-19(25)21-2/h16-18H,4-15H2,1-3H3,(H,21,25)(H,22,23). The SMILES string of the molecule is CCOC(CCNC(=NC)N1CCC(CC(=O)NC)CC1)C1CCCC1. The third kappa shape index (κ3) is 6.45. The maximum atomic E-state index is 11.5. The lowest BCUT2D eigenvalue weighted by molar-refractivity contribution is -0.121. The van der Waals surface area contributed by atoms with Gasteiger partial charge in [-0.15, -0.1) is 0 Å². The predicted octanol–water partition coefficient (Wildman–Crippen LogP) is 2.40. The maximum absolute atomic E-state index is 11.5. The number of aliphatic imine (C=N–C) groups is 1. The van der Waals surface area contributed by atoms with E-state index in [9.17, 15) is 4.79 Å². The van der Waals surface area contributed by atoms with Crippen LogP contribution in [-0.4, -0.2) is 63.2 Å². The van der Waals surface area contributed by atoms with Crippen molar-refractivity contribution in [2.24, 2.45) is 16.8 Å². The van der Waals surface area contributed by atoms with Gasteiger partial charge in [-0.3, -0.25) is 9.79 Å². The molecular weight excluding hydrogens is 328 g/mol. The minimum Gasteiger partial charge on any atom is -0.378 e. The highest BCUT2D eigenvalue weighted by Gasteiger charge is 2.26. The molecule has 2 N–H and O–H groups in total. The van der Waals surface area contributed by atoms with Crippen LogP contribution >= 0.6 is 0 Å². The molecule has 1 saturated carbocycles. The van der Waals surface area contributed by atoms with Gasteiger partial charge in [0, 0.05) is 46.8 Å². The molecule has 0 aromatic heterocycles. The summed E-state index contributed by atoms with van der Waals surface area (Å²) in [6.07, 6.45) is 9.53. The molecule has 0 aromatic carbocycles. The Balaban J connectivity index is 1.72. The van der Waals surface area contributed by atoms with Crippen LogP contribution in [-0.2, 0) is 9.53 Å². The van der Waals surface area contributed by atoms with Crippen LogP contribution < -0.4 is 10.6 Å². The largest absolute Gasteiger partial charge is 0.378 e. The van der Waals surface area contributed by atoms with Gasteiger partial charge < -0.3 is 20.3 Å². The van der Waals surface area contributed by atoms with Crippen molar-refractivity contribution in [3.63, 3.8) is 0 Å². The van der Waals surface area contributed by atoms with E-state index in [1.165, 1.54) is 25.7 Å². The molecule has 1 amide bonds. The molecule has 1 saturated heterocycles. The molecule has 0 bridgehead atoms. The lowest BCUT2D eigenvalue weighted by atomic mass is 9.93. The summed E-state index contributed by atoms with van der Waals surface area (Å²) in [5.74, 6) is 2.37. The number of likely N-dealkylation sites (tertiary alicyclic amines) is 1. The molecule has 0 aromatic rings. The maximum Gasteiger partial charge on any atom is 0.220 e. The van der Waals surface area contributed by atoms with Gasteiger partial charge >= 0.3 is 0 Å². The Morgan fingerprint density at radius 2 is 1.92 bits per heavy atom. The average molecular weight is 367 g/mol. The van der Waals surface area contributed by atoms with E-state index >= 15 is 0 Å². The first kappa shape index (κ1) is 21.0. The second kappa shape index (κ2) is 11.4. The molecule has 1 unspecified atom stereocenters. The van der Waals surface area contributed by atoms with Crippen LogP contribution in [0.3, 0.4) is 0 Å². The lowest BCUT2D eigenvalue weighted by Gasteiger charge is -2.34. The van der Waals surface area contributed by atoms with Crippen LogP contribution in [0.5, 0.6) is 0 Å². The molecule has 26 heavy (non-hydrogen) atoms. The van der Waals surface area contributed by atoms with Crippen molar-refractivity contribution in [2.75, 3.05) is 40.3 Å². The summed E-state index contributed by atoms with van der Waals surface area (Å²) >= 11 is 0. The molecule has 6 heteroatoms. The number of carbonyl (C=O) groups excluding carboxylic acids is 1. The van der Waals surface area contributed by atoms with Gasteiger partial charge in [-0.1, -0.05) is 12.8 Å². The molecule has 150 valence electrons. The Morgan fingerprint density at radius 1 is 1.23 bits per heavy atom. The smallest absolute Gasteiger partial charge is 0.220 e. The Kier molecular flexibility index (Phi) is 9.23. The van der Waals surface area contributed by atoms with Crippen LogP contribution in [0.4, 0.5) is 0 Å². The van der Waals surface area contributed by atoms with Crippen molar-refractivity contribution < 1.29 is 9.53 Å². The van der Waals surface area contributed by atoms with Crippen molar-refractivity contribution in [1.82, 2.24) is 15.5 Å². The first-order chi connectivity index (χ1) is 12.7. The van der Waals surface area contributed by atoms with E-state index in [-0.39, 0.29) is 5.91 Å². The number of nitrogens with one attached hydrogen (secondary N) is 2. The highest BCUT2D eigenvalue weighted by Crippen LogP contribution is 2.30. The first-order valence-electron chi connectivity index (χ1n) is 10.5. The molecule has 1 atom stereocenters. The Morgan fingerprint density at radius 3 is 2.50 bits per heavy atom. The number of guanidine groups is 1. The monoisotopic (exact) mass is 366 g/mol. The van der Waals surface area contributed by atoms with Gasteiger partial charge in [-0.25, -0.2) is 0 Å². The number of hydrogen-bond acceptors (Lipinski definition) is 3. The van der Waals surface area contributed by atoms with Gasteiger partial charge in [0.05, 0.1) is 6.10 Å². The van der Waals surface area contributed by atoms with Gasteiger partial charge in [0.25, 0.3) is 0 Å². The van der Waals surface area contributed by atoms with E-state index in [1.807, 2.05) is 7.05 Å². The van der Waals surface area contributed by atoms with Crippen LogP contribution in [0.2, 0.25) is 0 Å². The van der Waals surface area contributed by atoms with Gasteiger partial charge in [-0.05, 0) is 50.9 Å². The number of piperidine rings is 1. The summed E-state index contributed by atoms with van der Waals surface area (Å²) in [5, 5.41) is 6.26. The second-order valence-electron chi connectivity index (χ2n) is 7.61. The van der Waals surface area contributed by atoms with Gasteiger partial charge in [0.1, 0.15) is 0 Å². The minimum absolute atomic E-state index is 0.153. The topological polar surface area (TPSA) is 66.0 Å². The third-order valence-electron chi connectivity index (χ3n) is 5.90. The Labute approximate surface area is 159 Å². The van der Waals surface area contributed by atoms with Crippen molar-refractivity contribution in [2.45, 2.75) is 64.4 Å². The number of nitrogens with zero attached hydrogens (tertiary/aromatic N) is 2. The summed E-state index contributed by atoms with van der Waals surface area (Å²) in [6, 6.07) is 0. The van der Waals surface area contributed by atoms with Crippen molar-refractivity contribution in [3.05, 3.63) is 0 Å². The molecule has 1 aliphatic carbocycles. The van der Waals surface area contributed by atoms with E-state index < -0.39 is 0 Å². The van der Waals surface area contributed by atoms with E-state index in [1.54, 1.807) is 7.05 Å². The molecule has 2 aliphatic rings. The summed E-state index contributed by atoms with van der Waals surface area (Å²) < 4.78 is 6.02. The zero-order chi connectivity index (χ0) is 18.8. The molecule has 2 rings (SSSR count). The quantitative estimate of drug-likeness (QED) is 0.511. The first-order valence-corrected chi connectivity index (χ1v) is 10.5. The molecule has 0 spiro atoms. The number of carbonyl (C=O) groups is 1. The van der Waals surface area contributed by atoms with Crippen molar-refractivity contribution >= 4 is 11.9 Å². The van der Waals surface area contributed by atoms with Gasteiger partial charge in [-0.2, -0.15) is 0 Å². The Hall–Kier alpha value is -1.30. The van der Waals surface area contributed by atoms with E-state index in [0.717, 1.165) is 57.4 Å². The normalized spacial score (nSPS) is 21.0. The highest BCUT2D eigenvalue weighted by molar-refractivity contribution is 5.80. The number of rotatable bonds is 8. The fraction of sp³-hybridized carbons (Fsp3) is 0.900. The molecular formula is C20H38N4O2. The predicted molar refractivity (Wildman–Crippen MR) is 106 cm³/mol. The van der Waals surface area contributed by atoms with Crippen molar-refractivity contribution in [3.8, 4) is 0 Å². The number of hydrogen-bond donors (Lipinski definition) is 2. The van der Waals surface area contributed by atoms with Crippen LogP contribution in [0.1, 0.15) is 58.3 Å². The second-order valence-corrected chi connectivity index (χ2v) is 7.61. The number of ether oxygens (including phenoxy) is 1. The summed E-state index contributed by atoms with van der Waals surface area (Å²) in [5.41, 5.74) is 0.